The fourth-order valence-electron chi connectivity index (χ4n) is 1.84. The van der Waals surface area contributed by atoms with Crippen molar-refractivity contribution in [3.05, 3.63) is 69.8 Å². The summed E-state index contributed by atoms with van der Waals surface area (Å²) in [5.74, 6) is -0.103. The van der Waals surface area contributed by atoms with Gasteiger partial charge in [-0.3, -0.25) is 15.1 Å². The first-order valence-corrected chi connectivity index (χ1v) is 6.28. The predicted molar refractivity (Wildman–Crippen MR) is 78.6 cm³/mol. The zero-order chi connectivity index (χ0) is 15.2. The molecule has 0 spiro atoms. The molecule has 1 unspecified atom stereocenters. The summed E-state index contributed by atoms with van der Waals surface area (Å²) in [5.41, 5.74) is 0.925. The van der Waals surface area contributed by atoms with E-state index < -0.39 is 11.0 Å². The monoisotopic (exact) mass is 286 g/mol. The lowest BCUT2D eigenvalue weighted by Gasteiger charge is -2.09. The van der Waals surface area contributed by atoms with Gasteiger partial charge in [0.2, 0.25) is 0 Å². The zero-order valence-electron chi connectivity index (χ0n) is 11.1. The first-order valence-electron chi connectivity index (χ1n) is 6.28. The second-order valence-corrected chi connectivity index (χ2v) is 4.39. The molecule has 0 heterocycles. The van der Waals surface area contributed by atoms with Crippen LogP contribution in [0.5, 0.6) is 5.75 Å². The van der Waals surface area contributed by atoms with Gasteiger partial charge >= 0.3 is 0 Å². The number of rotatable bonds is 5. The highest BCUT2D eigenvalue weighted by atomic mass is 16.6. The number of hydrogen-bond donors (Lipinski definition) is 2. The Morgan fingerprint density at radius 1 is 1.24 bits per heavy atom. The minimum atomic E-state index is -0.544. The Morgan fingerprint density at radius 2 is 1.95 bits per heavy atom. The second kappa shape index (κ2) is 6.62. The molecule has 0 aromatic heterocycles. The molecule has 0 saturated heterocycles. The average Bonchev–Trinajstić information content (AvgIpc) is 2.50. The van der Waals surface area contributed by atoms with Crippen molar-refractivity contribution in [2.24, 2.45) is 4.99 Å². The van der Waals surface area contributed by atoms with Gasteiger partial charge in [0.15, 0.2) is 0 Å². The molecular formula is C15H14N2O4. The van der Waals surface area contributed by atoms with Crippen LogP contribution in [0.4, 0.5) is 5.69 Å². The average molecular weight is 286 g/mol. The summed E-state index contributed by atoms with van der Waals surface area (Å²) >= 11 is 0. The summed E-state index contributed by atoms with van der Waals surface area (Å²) < 4.78 is 0. The number of nitro benzene ring substituents is 1. The summed E-state index contributed by atoms with van der Waals surface area (Å²) in [4.78, 5) is 14.4. The van der Waals surface area contributed by atoms with Gasteiger partial charge in [-0.05, 0) is 11.6 Å². The van der Waals surface area contributed by atoms with Crippen LogP contribution in [0.15, 0.2) is 53.5 Å². The normalized spacial score (nSPS) is 12.4. The summed E-state index contributed by atoms with van der Waals surface area (Å²) in [7, 11) is 0. The number of non-ortho nitro benzene ring substituents is 1. The number of aliphatic imine (C=N–C) groups is 1. The topological polar surface area (TPSA) is 96.0 Å². The number of phenols is 1. The largest absolute Gasteiger partial charge is 0.507 e. The quantitative estimate of drug-likeness (QED) is 0.501. The Hall–Kier alpha value is -2.73. The van der Waals surface area contributed by atoms with Crippen molar-refractivity contribution in [2.45, 2.75) is 6.04 Å². The van der Waals surface area contributed by atoms with E-state index in [4.69, 9.17) is 0 Å². The molecule has 0 amide bonds. The van der Waals surface area contributed by atoms with Crippen molar-refractivity contribution in [2.75, 3.05) is 6.61 Å². The third-order valence-electron chi connectivity index (χ3n) is 2.97. The lowest BCUT2D eigenvalue weighted by atomic mass is 10.1. The van der Waals surface area contributed by atoms with Crippen molar-refractivity contribution in [1.82, 2.24) is 0 Å². The van der Waals surface area contributed by atoms with E-state index in [1.807, 2.05) is 30.3 Å². The fourth-order valence-corrected chi connectivity index (χ4v) is 1.84. The molecule has 2 aromatic rings. The van der Waals surface area contributed by atoms with Crippen LogP contribution in [0, 0.1) is 10.1 Å². The molecule has 0 bridgehead atoms. The molecule has 0 aliphatic heterocycles. The summed E-state index contributed by atoms with van der Waals surface area (Å²) in [6.07, 6.45) is 1.33. The van der Waals surface area contributed by atoms with E-state index in [1.165, 1.54) is 24.4 Å². The Bertz CT molecular complexity index is 656. The number of nitrogens with zero attached hydrogens (tertiary/aromatic N) is 2. The minimum Gasteiger partial charge on any atom is -0.507 e. The van der Waals surface area contributed by atoms with Gasteiger partial charge in [0.05, 0.1) is 17.6 Å². The van der Waals surface area contributed by atoms with Gasteiger partial charge in [-0.2, -0.15) is 0 Å². The van der Waals surface area contributed by atoms with E-state index in [-0.39, 0.29) is 23.6 Å². The molecule has 2 rings (SSSR count). The van der Waals surface area contributed by atoms with Gasteiger partial charge in [-0.1, -0.05) is 30.3 Å². The van der Waals surface area contributed by atoms with Gasteiger partial charge in [0.25, 0.3) is 5.69 Å². The second-order valence-electron chi connectivity index (χ2n) is 4.39. The molecule has 0 radical (unpaired) electrons. The highest BCUT2D eigenvalue weighted by molar-refractivity contribution is 5.84. The Morgan fingerprint density at radius 3 is 2.57 bits per heavy atom. The van der Waals surface area contributed by atoms with Crippen LogP contribution in [-0.4, -0.2) is 28.0 Å². The minimum absolute atomic E-state index is 0.103. The molecule has 2 N–H and O–H groups in total. The standard InChI is InChI=1S/C15H14N2O4/c18-10-14(11-4-2-1-3-5-11)16-9-12-8-13(17(20)21)6-7-15(12)19/h1-9,14,18-19H,10H2. The highest BCUT2D eigenvalue weighted by Gasteiger charge is 2.10. The predicted octanol–water partition coefficient (Wildman–Crippen LogP) is 2.45. The number of nitro groups is 1. The van der Waals surface area contributed by atoms with Gasteiger partial charge in [-0.25, -0.2) is 0 Å². The summed E-state index contributed by atoms with van der Waals surface area (Å²) in [5, 5.41) is 29.8. The van der Waals surface area contributed by atoms with Crippen LogP contribution in [0.2, 0.25) is 0 Å². The van der Waals surface area contributed by atoms with E-state index in [9.17, 15) is 20.3 Å². The van der Waals surface area contributed by atoms with Gasteiger partial charge in [0.1, 0.15) is 5.75 Å². The number of benzene rings is 2. The number of aliphatic hydroxyl groups excluding tert-OH is 1. The van der Waals surface area contributed by atoms with E-state index in [1.54, 1.807) is 0 Å². The Kier molecular flexibility index (Phi) is 4.63. The summed E-state index contributed by atoms with van der Waals surface area (Å²) in [6.45, 7) is -0.198. The van der Waals surface area contributed by atoms with Crippen molar-refractivity contribution in [3.63, 3.8) is 0 Å². The molecule has 108 valence electrons. The lowest BCUT2D eigenvalue weighted by Crippen LogP contribution is -2.01. The third kappa shape index (κ3) is 3.64. The molecule has 21 heavy (non-hydrogen) atoms. The highest BCUT2D eigenvalue weighted by Crippen LogP contribution is 2.23. The first kappa shape index (κ1) is 14.7. The molecule has 0 aliphatic rings. The van der Waals surface area contributed by atoms with E-state index >= 15 is 0 Å². The molecular weight excluding hydrogens is 272 g/mol. The van der Waals surface area contributed by atoms with Crippen molar-refractivity contribution >= 4 is 11.9 Å². The van der Waals surface area contributed by atoms with Crippen molar-refractivity contribution < 1.29 is 15.1 Å². The van der Waals surface area contributed by atoms with E-state index in [0.717, 1.165) is 5.56 Å². The number of hydrogen-bond acceptors (Lipinski definition) is 5. The zero-order valence-corrected chi connectivity index (χ0v) is 11.1. The van der Waals surface area contributed by atoms with Crippen LogP contribution in [0.3, 0.4) is 0 Å². The molecule has 0 saturated carbocycles. The maximum Gasteiger partial charge on any atom is 0.270 e. The molecule has 0 fully saturated rings. The van der Waals surface area contributed by atoms with Gasteiger partial charge < -0.3 is 10.2 Å². The van der Waals surface area contributed by atoms with Crippen LogP contribution in [-0.2, 0) is 0 Å². The first-order chi connectivity index (χ1) is 10.1. The number of aliphatic hydroxyl groups is 1. The SMILES string of the molecule is O=[N+]([O-])c1ccc(O)c(C=NC(CO)c2ccccc2)c1. The third-order valence-corrected chi connectivity index (χ3v) is 2.97. The lowest BCUT2D eigenvalue weighted by molar-refractivity contribution is -0.384. The Balaban J connectivity index is 2.27. The van der Waals surface area contributed by atoms with Crippen LogP contribution < -0.4 is 0 Å². The molecule has 6 nitrogen and oxygen atoms in total. The fraction of sp³-hybridized carbons (Fsp3) is 0.133. The Labute approximate surface area is 121 Å². The van der Waals surface area contributed by atoms with Crippen LogP contribution >= 0.6 is 0 Å². The van der Waals surface area contributed by atoms with E-state index in [2.05, 4.69) is 4.99 Å². The van der Waals surface area contributed by atoms with Crippen molar-refractivity contribution in [3.8, 4) is 5.75 Å². The maximum absolute atomic E-state index is 10.7. The smallest absolute Gasteiger partial charge is 0.270 e. The van der Waals surface area contributed by atoms with E-state index in [0.29, 0.717) is 0 Å². The molecule has 0 aliphatic carbocycles. The molecule has 2 aromatic carbocycles. The number of phenolic OH excluding ortho intramolecular Hbond substituents is 1. The van der Waals surface area contributed by atoms with Crippen molar-refractivity contribution in [1.29, 1.82) is 0 Å². The van der Waals surface area contributed by atoms with Crippen LogP contribution in [0.25, 0.3) is 0 Å². The van der Waals surface area contributed by atoms with Gasteiger partial charge in [0, 0.05) is 23.9 Å². The summed E-state index contributed by atoms with van der Waals surface area (Å²) in [6, 6.07) is 12.4. The van der Waals surface area contributed by atoms with Crippen LogP contribution in [0.1, 0.15) is 17.2 Å². The molecule has 6 heteroatoms. The van der Waals surface area contributed by atoms with Gasteiger partial charge in [-0.15, -0.1) is 0 Å². The maximum atomic E-state index is 10.7. The molecule has 1 atom stereocenters. The number of aromatic hydroxyl groups is 1.